The number of nitriles is 1. The van der Waals surface area contributed by atoms with E-state index in [1.807, 2.05) is 36.4 Å². The number of anilines is 1. The Morgan fingerprint density at radius 2 is 1.60 bits per heavy atom. The maximum absolute atomic E-state index is 13.3. The Hall–Kier alpha value is -4.89. The maximum atomic E-state index is 13.3. The fourth-order valence-electron chi connectivity index (χ4n) is 4.39. The molecule has 6 heteroatoms. The summed E-state index contributed by atoms with van der Waals surface area (Å²) in [5.74, 6) is -1.15. The monoisotopic (exact) mass is 460 g/mol. The fourth-order valence-corrected chi connectivity index (χ4v) is 4.39. The van der Waals surface area contributed by atoms with Crippen LogP contribution >= 0.6 is 0 Å². The molecule has 170 valence electrons. The van der Waals surface area contributed by atoms with Gasteiger partial charge in [0.2, 0.25) is 0 Å². The topological polar surface area (TPSA) is 90.6 Å². The molecule has 5 rings (SSSR count). The Labute approximate surface area is 201 Å². The zero-order valence-corrected chi connectivity index (χ0v) is 18.8. The van der Waals surface area contributed by atoms with Crippen molar-refractivity contribution in [3.8, 4) is 11.8 Å². The van der Waals surface area contributed by atoms with Crippen molar-refractivity contribution in [2.24, 2.45) is 0 Å². The largest absolute Gasteiger partial charge is 0.507 e. The van der Waals surface area contributed by atoms with Crippen molar-refractivity contribution >= 4 is 33.9 Å². The van der Waals surface area contributed by atoms with Gasteiger partial charge in [-0.3, -0.25) is 14.5 Å². The van der Waals surface area contributed by atoms with Crippen LogP contribution in [0.4, 0.5) is 5.69 Å². The zero-order chi connectivity index (χ0) is 24.5. The van der Waals surface area contributed by atoms with Crippen molar-refractivity contribution in [2.45, 2.75) is 6.04 Å². The van der Waals surface area contributed by atoms with Gasteiger partial charge >= 0.3 is 0 Å². The van der Waals surface area contributed by atoms with Crippen LogP contribution in [0.25, 0.3) is 16.5 Å². The Balaban J connectivity index is 1.71. The first kappa shape index (κ1) is 21.9. The first-order chi connectivity index (χ1) is 17.0. The molecule has 1 fully saturated rings. The second kappa shape index (κ2) is 8.81. The van der Waals surface area contributed by atoms with Crippen LogP contribution in [0.1, 0.15) is 22.7 Å². The number of hydrogen-bond acceptors (Lipinski definition) is 5. The average molecular weight is 460 g/mol. The van der Waals surface area contributed by atoms with Crippen molar-refractivity contribution in [3.63, 3.8) is 0 Å². The number of fused-ring (bicyclic) bond motifs is 1. The van der Waals surface area contributed by atoms with Gasteiger partial charge in [-0.25, -0.2) is 0 Å². The zero-order valence-electron chi connectivity index (χ0n) is 18.8. The molecule has 0 aliphatic carbocycles. The van der Waals surface area contributed by atoms with Crippen LogP contribution in [0.3, 0.4) is 0 Å². The molecule has 1 aliphatic rings. The van der Waals surface area contributed by atoms with Gasteiger partial charge in [0, 0.05) is 11.3 Å². The number of rotatable bonds is 4. The average Bonchev–Trinajstić information content (AvgIpc) is 3.18. The van der Waals surface area contributed by atoms with Crippen LogP contribution in [0.15, 0.2) is 96.6 Å². The molecule has 1 aliphatic heterocycles. The minimum absolute atomic E-state index is 0.000178. The van der Waals surface area contributed by atoms with Gasteiger partial charge in [-0.1, -0.05) is 48.5 Å². The summed E-state index contributed by atoms with van der Waals surface area (Å²) in [6.45, 7) is 0. The van der Waals surface area contributed by atoms with Gasteiger partial charge in [0.25, 0.3) is 11.7 Å². The summed E-state index contributed by atoms with van der Waals surface area (Å²) in [7, 11) is 1.55. The Bertz CT molecular complexity index is 1530. The molecule has 4 aromatic rings. The lowest BCUT2D eigenvalue weighted by Gasteiger charge is -2.25. The van der Waals surface area contributed by atoms with E-state index in [0.717, 1.165) is 10.8 Å². The van der Waals surface area contributed by atoms with Gasteiger partial charge in [-0.15, -0.1) is 0 Å². The summed E-state index contributed by atoms with van der Waals surface area (Å²) in [6, 6.07) is 27.7. The number of ketones is 1. The molecule has 0 radical (unpaired) electrons. The van der Waals surface area contributed by atoms with E-state index in [0.29, 0.717) is 28.1 Å². The summed E-state index contributed by atoms with van der Waals surface area (Å²) in [5.41, 5.74) is 1.96. The molecule has 0 spiro atoms. The normalized spacial score (nSPS) is 16.9. The first-order valence-corrected chi connectivity index (χ1v) is 11.0. The number of hydrogen-bond donors (Lipinski definition) is 1. The predicted octanol–water partition coefficient (Wildman–Crippen LogP) is 5.35. The molecule has 1 amide bonds. The molecule has 1 atom stereocenters. The maximum Gasteiger partial charge on any atom is 0.300 e. The minimum Gasteiger partial charge on any atom is -0.507 e. The van der Waals surface area contributed by atoms with Gasteiger partial charge in [-0.05, 0) is 58.8 Å². The molecule has 1 N–H and O–H groups in total. The number of aliphatic hydroxyl groups excluding tert-OH is 1. The number of carbonyl (C=O) groups excluding carboxylic acids is 2. The summed E-state index contributed by atoms with van der Waals surface area (Å²) in [4.78, 5) is 27.9. The second-order valence-corrected chi connectivity index (χ2v) is 8.16. The van der Waals surface area contributed by atoms with Crippen LogP contribution in [0.2, 0.25) is 0 Å². The SMILES string of the molecule is COc1ccc(C2/C(=C(/O)c3ccc4ccccc4c3)C(=O)C(=O)N2c2ccc(C#N)cc2)cc1. The lowest BCUT2D eigenvalue weighted by molar-refractivity contribution is -0.132. The molecular formula is C29H20N2O4. The van der Waals surface area contributed by atoms with Crippen LogP contribution in [-0.4, -0.2) is 23.9 Å². The highest BCUT2D eigenvalue weighted by Crippen LogP contribution is 2.42. The summed E-state index contributed by atoms with van der Waals surface area (Å²) >= 11 is 0. The molecular weight excluding hydrogens is 440 g/mol. The summed E-state index contributed by atoms with van der Waals surface area (Å²) < 4.78 is 5.26. The number of nitrogens with zero attached hydrogens (tertiary/aromatic N) is 2. The number of ether oxygens (including phenoxy) is 1. The van der Waals surface area contributed by atoms with Gasteiger partial charge in [0.05, 0.1) is 30.4 Å². The van der Waals surface area contributed by atoms with Gasteiger partial charge in [0.1, 0.15) is 11.5 Å². The van der Waals surface area contributed by atoms with Crippen molar-refractivity contribution in [1.82, 2.24) is 0 Å². The van der Waals surface area contributed by atoms with Crippen LogP contribution in [0, 0.1) is 11.3 Å². The quantitative estimate of drug-likeness (QED) is 0.252. The van der Waals surface area contributed by atoms with Crippen LogP contribution in [0.5, 0.6) is 5.75 Å². The number of carbonyl (C=O) groups is 2. The van der Waals surface area contributed by atoms with Crippen molar-refractivity contribution < 1.29 is 19.4 Å². The van der Waals surface area contributed by atoms with Crippen molar-refractivity contribution in [2.75, 3.05) is 12.0 Å². The van der Waals surface area contributed by atoms with Crippen molar-refractivity contribution in [1.29, 1.82) is 5.26 Å². The molecule has 35 heavy (non-hydrogen) atoms. The molecule has 0 saturated carbocycles. The van der Waals surface area contributed by atoms with Crippen LogP contribution in [-0.2, 0) is 9.59 Å². The van der Waals surface area contributed by atoms with Gasteiger partial charge in [0.15, 0.2) is 0 Å². The lowest BCUT2D eigenvalue weighted by atomic mass is 9.94. The number of methoxy groups -OCH3 is 1. The second-order valence-electron chi connectivity index (χ2n) is 8.16. The molecule has 1 heterocycles. The Kier molecular flexibility index (Phi) is 5.52. The third-order valence-corrected chi connectivity index (χ3v) is 6.17. The van der Waals surface area contributed by atoms with E-state index in [1.54, 1.807) is 67.8 Å². The van der Waals surface area contributed by atoms with E-state index < -0.39 is 17.7 Å². The van der Waals surface area contributed by atoms with Crippen LogP contribution < -0.4 is 9.64 Å². The summed E-state index contributed by atoms with van der Waals surface area (Å²) in [6.07, 6.45) is 0. The highest BCUT2D eigenvalue weighted by atomic mass is 16.5. The third kappa shape index (κ3) is 3.79. The number of benzene rings is 4. The van der Waals surface area contributed by atoms with E-state index in [1.165, 1.54) is 4.90 Å². The van der Waals surface area contributed by atoms with E-state index in [9.17, 15) is 14.7 Å². The van der Waals surface area contributed by atoms with E-state index in [4.69, 9.17) is 10.00 Å². The van der Waals surface area contributed by atoms with E-state index in [-0.39, 0.29) is 11.3 Å². The first-order valence-electron chi connectivity index (χ1n) is 11.0. The number of Topliss-reactive ketones (excluding diaryl/α,β-unsaturated/α-hetero) is 1. The summed E-state index contributed by atoms with van der Waals surface area (Å²) in [5, 5.41) is 22.4. The Morgan fingerprint density at radius 1 is 0.914 bits per heavy atom. The van der Waals surface area contributed by atoms with E-state index in [2.05, 4.69) is 0 Å². The smallest absolute Gasteiger partial charge is 0.300 e. The molecule has 1 saturated heterocycles. The molecule has 1 unspecified atom stereocenters. The fraction of sp³-hybridized carbons (Fsp3) is 0.0690. The van der Waals surface area contributed by atoms with E-state index >= 15 is 0 Å². The lowest BCUT2D eigenvalue weighted by Crippen LogP contribution is -2.29. The molecule has 6 nitrogen and oxygen atoms in total. The number of aliphatic hydroxyl groups is 1. The highest BCUT2D eigenvalue weighted by Gasteiger charge is 2.47. The molecule has 4 aromatic carbocycles. The predicted molar refractivity (Wildman–Crippen MR) is 133 cm³/mol. The van der Waals surface area contributed by atoms with Gasteiger partial charge in [-0.2, -0.15) is 5.26 Å². The molecule has 0 aromatic heterocycles. The van der Waals surface area contributed by atoms with Gasteiger partial charge < -0.3 is 9.84 Å². The highest BCUT2D eigenvalue weighted by molar-refractivity contribution is 6.51. The van der Waals surface area contributed by atoms with Crippen molar-refractivity contribution in [3.05, 3.63) is 113 Å². The third-order valence-electron chi connectivity index (χ3n) is 6.17. The minimum atomic E-state index is -0.861. The number of amides is 1. The Morgan fingerprint density at radius 3 is 2.26 bits per heavy atom. The standard InChI is InChI=1S/C29H20N2O4/c1-35-24-14-10-20(11-15-24)26-25(27(32)22-9-8-19-4-2-3-5-21(19)16-22)28(33)29(34)31(26)23-12-6-18(17-30)7-13-23/h2-16,26,32H,1H3/b27-25-. The molecule has 0 bridgehead atoms.